The zero-order valence-corrected chi connectivity index (χ0v) is 17.5. The van der Waals surface area contributed by atoms with Gasteiger partial charge in [-0.2, -0.15) is 5.10 Å². The molecule has 0 aliphatic carbocycles. The molecule has 1 aromatic heterocycles. The highest BCUT2D eigenvalue weighted by molar-refractivity contribution is 5.96. The molecule has 1 aliphatic rings. The smallest absolute Gasteiger partial charge is 0.325 e. The molecule has 3 rings (SSSR count). The average Bonchev–Trinajstić information content (AvgIpc) is 3.29. The van der Waals surface area contributed by atoms with Crippen molar-refractivity contribution in [1.82, 2.24) is 20.4 Å². The Labute approximate surface area is 181 Å². The van der Waals surface area contributed by atoms with E-state index in [2.05, 4.69) is 25.8 Å². The zero-order chi connectivity index (χ0) is 20.7. The van der Waals surface area contributed by atoms with E-state index in [4.69, 9.17) is 0 Å². The number of carbonyl (C=O) groups excluding carboxylic acids is 3. The van der Waals surface area contributed by atoms with Crippen molar-refractivity contribution in [2.24, 2.45) is 0 Å². The van der Waals surface area contributed by atoms with Gasteiger partial charge in [-0.05, 0) is 49.7 Å². The Morgan fingerprint density at radius 3 is 2.50 bits per heavy atom. The van der Waals surface area contributed by atoms with Crippen LogP contribution in [0.25, 0.3) is 0 Å². The van der Waals surface area contributed by atoms with Crippen molar-refractivity contribution >= 4 is 35.9 Å². The number of nitrogens with zero attached hydrogens (tertiary/aromatic N) is 2. The molecular weight excluding hydrogens is 410 g/mol. The topological polar surface area (TPSA) is 114 Å². The lowest BCUT2D eigenvalue weighted by Gasteiger charge is -2.36. The second-order valence-electron chi connectivity index (χ2n) is 6.91. The number of hydrogen-bond donors (Lipinski definition) is 3. The second kappa shape index (κ2) is 10.7. The molecule has 0 radical (unpaired) electrons. The summed E-state index contributed by atoms with van der Waals surface area (Å²) in [4.78, 5) is 36.1. The van der Waals surface area contributed by atoms with Crippen LogP contribution in [0, 0.1) is 0 Å². The normalized spacial score (nSPS) is 14.8. The van der Waals surface area contributed by atoms with Crippen LogP contribution < -0.4 is 16.0 Å². The first-order chi connectivity index (χ1) is 14.0. The molecule has 9 nitrogen and oxygen atoms in total. The minimum atomic E-state index is -0.721. The van der Waals surface area contributed by atoms with Crippen LogP contribution in [-0.2, 0) is 31.1 Å². The van der Waals surface area contributed by atoms with Crippen LogP contribution in [0.15, 0.2) is 42.7 Å². The molecule has 10 heteroatoms. The minimum Gasteiger partial charge on any atom is -0.468 e. The summed E-state index contributed by atoms with van der Waals surface area (Å²) in [7, 11) is 1.27. The third-order valence-electron chi connectivity index (χ3n) is 5.03. The number of ether oxygens (including phenoxy) is 1. The molecule has 1 aliphatic heterocycles. The largest absolute Gasteiger partial charge is 0.468 e. The standard InChI is InChI=1S/C20H25N5O4.ClH/c1-29-18(27)14-22-17(26)13-15-3-5-16(6-4-15)24-19(28)20(7-10-21-11-8-20)25-12-2-9-23-25;/h2-6,9,12,21H,7-8,10-11,13-14H2,1H3,(H,22,26)(H,24,28);1H. The van der Waals surface area contributed by atoms with Crippen LogP contribution in [0.4, 0.5) is 5.69 Å². The number of esters is 1. The van der Waals surface area contributed by atoms with E-state index >= 15 is 0 Å². The lowest BCUT2D eigenvalue weighted by Crippen LogP contribution is -2.52. The molecule has 1 fully saturated rings. The summed E-state index contributed by atoms with van der Waals surface area (Å²) in [5, 5.41) is 13.1. The fourth-order valence-corrected chi connectivity index (χ4v) is 3.37. The Kier molecular flexibility index (Phi) is 8.37. The SMILES string of the molecule is COC(=O)CNC(=O)Cc1ccc(NC(=O)C2(n3cccn3)CCNCC2)cc1.Cl. The van der Waals surface area contributed by atoms with Crippen molar-refractivity contribution in [3.63, 3.8) is 0 Å². The van der Waals surface area contributed by atoms with Gasteiger partial charge in [-0.15, -0.1) is 12.4 Å². The first-order valence-corrected chi connectivity index (χ1v) is 9.48. The Morgan fingerprint density at radius 1 is 1.20 bits per heavy atom. The van der Waals surface area contributed by atoms with Crippen molar-refractivity contribution < 1.29 is 19.1 Å². The second-order valence-corrected chi connectivity index (χ2v) is 6.91. The Hall–Kier alpha value is -2.91. The summed E-state index contributed by atoms with van der Waals surface area (Å²) in [6.45, 7) is 1.33. The summed E-state index contributed by atoms with van der Waals surface area (Å²) in [6, 6.07) is 8.89. The van der Waals surface area contributed by atoms with Crippen LogP contribution in [0.2, 0.25) is 0 Å². The van der Waals surface area contributed by atoms with Crippen LogP contribution in [0.5, 0.6) is 0 Å². The predicted molar refractivity (Wildman–Crippen MR) is 113 cm³/mol. The van der Waals surface area contributed by atoms with Gasteiger partial charge >= 0.3 is 5.97 Å². The number of benzene rings is 1. The molecule has 1 aromatic carbocycles. The molecule has 0 saturated carbocycles. The Morgan fingerprint density at radius 2 is 1.90 bits per heavy atom. The fourth-order valence-electron chi connectivity index (χ4n) is 3.37. The number of nitrogens with one attached hydrogen (secondary N) is 3. The highest BCUT2D eigenvalue weighted by Crippen LogP contribution is 2.28. The van der Waals surface area contributed by atoms with E-state index in [0.717, 1.165) is 18.7 Å². The van der Waals surface area contributed by atoms with E-state index < -0.39 is 11.5 Å². The molecule has 162 valence electrons. The minimum absolute atomic E-state index is 0. The average molecular weight is 436 g/mol. The van der Waals surface area contributed by atoms with Gasteiger partial charge in [-0.1, -0.05) is 12.1 Å². The maximum atomic E-state index is 13.1. The van der Waals surface area contributed by atoms with Crippen molar-refractivity contribution in [3.8, 4) is 0 Å². The number of rotatable bonds is 7. The number of carbonyl (C=O) groups is 3. The van der Waals surface area contributed by atoms with E-state index in [1.807, 2.05) is 12.3 Å². The maximum Gasteiger partial charge on any atom is 0.325 e. The van der Waals surface area contributed by atoms with Crippen molar-refractivity contribution in [2.45, 2.75) is 24.8 Å². The third kappa shape index (κ3) is 5.58. The molecule has 0 atom stereocenters. The highest BCUT2D eigenvalue weighted by atomic mass is 35.5. The molecule has 0 unspecified atom stereocenters. The zero-order valence-electron chi connectivity index (χ0n) is 16.7. The third-order valence-corrected chi connectivity index (χ3v) is 5.03. The van der Waals surface area contributed by atoms with Gasteiger partial charge in [-0.25, -0.2) is 0 Å². The van der Waals surface area contributed by atoms with Gasteiger partial charge < -0.3 is 20.7 Å². The number of halogens is 1. The molecule has 30 heavy (non-hydrogen) atoms. The number of hydrogen-bond acceptors (Lipinski definition) is 6. The van der Waals surface area contributed by atoms with Crippen molar-refractivity contribution in [3.05, 3.63) is 48.3 Å². The molecule has 0 bridgehead atoms. The van der Waals surface area contributed by atoms with Crippen LogP contribution >= 0.6 is 12.4 Å². The summed E-state index contributed by atoms with van der Waals surface area (Å²) in [5.41, 5.74) is 0.703. The van der Waals surface area contributed by atoms with Gasteiger partial charge in [-0.3, -0.25) is 19.1 Å². The van der Waals surface area contributed by atoms with E-state index in [1.54, 1.807) is 35.1 Å². The highest BCUT2D eigenvalue weighted by Gasteiger charge is 2.42. The molecule has 2 amide bonds. The molecular formula is C20H26ClN5O4. The number of anilines is 1. The van der Waals surface area contributed by atoms with Crippen LogP contribution in [0.3, 0.4) is 0 Å². The number of aromatic nitrogens is 2. The lowest BCUT2D eigenvalue weighted by atomic mass is 9.87. The quantitative estimate of drug-likeness (QED) is 0.555. The molecule has 3 N–H and O–H groups in total. The van der Waals surface area contributed by atoms with Gasteiger partial charge in [0.25, 0.3) is 5.91 Å². The molecule has 2 heterocycles. The first-order valence-electron chi connectivity index (χ1n) is 9.48. The molecule has 0 spiro atoms. The summed E-state index contributed by atoms with van der Waals surface area (Å²) in [6.07, 6.45) is 4.93. The summed E-state index contributed by atoms with van der Waals surface area (Å²) in [5.74, 6) is -0.883. The van der Waals surface area contributed by atoms with Gasteiger partial charge in [0.15, 0.2) is 0 Å². The van der Waals surface area contributed by atoms with Gasteiger partial charge in [0.2, 0.25) is 5.91 Å². The lowest BCUT2D eigenvalue weighted by molar-refractivity contribution is -0.141. The number of piperidine rings is 1. The predicted octanol–water partition coefficient (Wildman–Crippen LogP) is 0.854. The first kappa shape index (κ1) is 23.4. The van der Waals surface area contributed by atoms with E-state index in [9.17, 15) is 14.4 Å². The van der Waals surface area contributed by atoms with E-state index in [0.29, 0.717) is 18.5 Å². The Balaban J connectivity index is 0.00000320. The van der Waals surface area contributed by atoms with Crippen molar-refractivity contribution in [2.75, 3.05) is 32.1 Å². The van der Waals surface area contributed by atoms with Gasteiger partial charge in [0.1, 0.15) is 12.1 Å². The van der Waals surface area contributed by atoms with Gasteiger partial charge in [0.05, 0.1) is 13.5 Å². The van der Waals surface area contributed by atoms with Crippen LogP contribution in [0.1, 0.15) is 18.4 Å². The molecule has 1 saturated heterocycles. The monoisotopic (exact) mass is 435 g/mol. The number of methoxy groups -OCH3 is 1. The van der Waals surface area contributed by atoms with E-state index in [-0.39, 0.29) is 37.2 Å². The maximum absolute atomic E-state index is 13.1. The van der Waals surface area contributed by atoms with Crippen LogP contribution in [-0.4, -0.2) is 54.3 Å². The molecule has 2 aromatic rings. The van der Waals surface area contributed by atoms with E-state index in [1.165, 1.54) is 7.11 Å². The number of amides is 2. The Bertz CT molecular complexity index is 849. The fraction of sp³-hybridized carbons (Fsp3) is 0.400. The van der Waals surface area contributed by atoms with Crippen molar-refractivity contribution in [1.29, 1.82) is 0 Å². The van der Waals surface area contributed by atoms with Gasteiger partial charge in [0, 0.05) is 18.1 Å². The summed E-state index contributed by atoms with van der Waals surface area (Å²) >= 11 is 0. The summed E-state index contributed by atoms with van der Waals surface area (Å²) < 4.78 is 6.22.